The SMILES string of the molecule is CN(CCOc1ccc(CC2SC(=O)NC2=O)cc1)C(=O)CCCCC1CC2CCC3CC1CC2C3. The lowest BCUT2D eigenvalue weighted by molar-refractivity contribution is -0.130. The molecule has 1 N–H and O–H groups in total. The number of amides is 3. The van der Waals surface area contributed by atoms with E-state index in [4.69, 9.17) is 4.74 Å². The van der Waals surface area contributed by atoms with Crippen molar-refractivity contribution in [2.75, 3.05) is 20.2 Å². The summed E-state index contributed by atoms with van der Waals surface area (Å²) in [6.07, 6.45) is 13.6. The summed E-state index contributed by atoms with van der Waals surface area (Å²) in [6.45, 7) is 1.02. The van der Waals surface area contributed by atoms with Crippen molar-refractivity contribution in [3.63, 3.8) is 0 Å². The average molecular weight is 513 g/mol. The Bertz CT molecular complexity index is 949. The van der Waals surface area contributed by atoms with E-state index in [2.05, 4.69) is 5.32 Å². The Morgan fingerprint density at radius 2 is 1.83 bits per heavy atom. The molecule has 1 aliphatic heterocycles. The Hall–Kier alpha value is -2.02. The van der Waals surface area contributed by atoms with Crippen LogP contribution in [0.3, 0.4) is 0 Å². The monoisotopic (exact) mass is 512 g/mol. The molecule has 0 aromatic heterocycles. The maximum Gasteiger partial charge on any atom is 0.286 e. The highest BCUT2D eigenvalue weighted by Crippen LogP contribution is 2.55. The van der Waals surface area contributed by atoms with Crippen molar-refractivity contribution >= 4 is 28.8 Å². The van der Waals surface area contributed by atoms with Crippen molar-refractivity contribution in [3.05, 3.63) is 29.8 Å². The van der Waals surface area contributed by atoms with Gasteiger partial charge in [-0.05, 0) is 92.2 Å². The number of imide groups is 1. The number of nitrogens with zero attached hydrogens (tertiary/aromatic N) is 1. The first-order valence-electron chi connectivity index (χ1n) is 13.9. The number of benzene rings is 1. The lowest BCUT2D eigenvalue weighted by Gasteiger charge is -2.52. The fourth-order valence-electron chi connectivity index (χ4n) is 7.23. The first kappa shape index (κ1) is 25.6. The number of nitrogens with one attached hydrogen (secondary N) is 1. The highest BCUT2D eigenvalue weighted by molar-refractivity contribution is 8.15. The number of likely N-dealkylation sites (N-methyl/N-ethyl adjacent to an activating group) is 1. The van der Waals surface area contributed by atoms with Gasteiger partial charge in [0.15, 0.2) is 0 Å². The summed E-state index contributed by atoms with van der Waals surface area (Å²) in [7, 11) is 1.86. The molecule has 3 saturated carbocycles. The second-order valence-corrected chi connectivity index (χ2v) is 12.7. The van der Waals surface area contributed by atoms with E-state index in [0.29, 0.717) is 26.0 Å². The summed E-state index contributed by atoms with van der Waals surface area (Å²) < 4.78 is 5.82. The van der Waals surface area contributed by atoms with Gasteiger partial charge >= 0.3 is 0 Å². The molecule has 6 unspecified atom stereocenters. The van der Waals surface area contributed by atoms with E-state index in [-0.39, 0.29) is 22.3 Å². The molecule has 0 spiro atoms. The third-order valence-corrected chi connectivity index (χ3v) is 10.2. The molecule has 0 radical (unpaired) electrons. The number of hydrogen-bond donors (Lipinski definition) is 1. The quantitative estimate of drug-likeness (QED) is 0.400. The minimum Gasteiger partial charge on any atom is -0.492 e. The van der Waals surface area contributed by atoms with Gasteiger partial charge < -0.3 is 9.64 Å². The van der Waals surface area contributed by atoms with Gasteiger partial charge in [-0.1, -0.05) is 43.2 Å². The Morgan fingerprint density at radius 3 is 2.61 bits per heavy atom. The first-order valence-corrected chi connectivity index (χ1v) is 14.8. The van der Waals surface area contributed by atoms with Crippen LogP contribution in [0.5, 0.6) is 5.75 Å². The summed E-state index contributed by atoms with van der Waals surface area (Å²) in [5.74, 6) is 5.68. The summed E-state index contributed by atoms with van der Waals surface area (Å²) in [6, 6.07) is 7.60. The van der Waals surface area contributed by atoms with Crippen molar-refractivity contribution in [2.45, 2.75) is 75.9 Å². The van der Waals surface area contributed by atoms with E-state index in [0.717, 1.165) is 59.1 Å². The Kier molecular flexibility index (Phi) is 8.24. The number of carbonyl (C=O) groups is 3. The van der Waals surface area contributed by atoms with Gasteiger partial charge in [-0.2, -0.15) is 0 Å². The molecule has 36 heavy (non-hydrogen) atoms. The maximum atomic E-state index is 12.6. The number of rotatable bonds is 11. The van der Waals surface area contributed by atoms with E-state index < -0.39 is 0 Å². The van der Waals surface area contributed by atoms with Crippen LogP contribution in [-0.4, -0.2) is 47.4 Å². The van der Waals surface area contributed by atoms with Gasteiger partial charge in [-0.15, -0.1) is 0 Å². The van der Waals surface area contributed by atoms with Crippen LogP contribution < -0.4 is 10.1 Å². The average Bonchev–Trinajstić information content (AvgIpc) is 3.18. The predicted octanol–water partition coefficient (Wildman–Crippen LogP) is 5.44. The van der Waals surface area contributed by atoms with Crippen molar-refractivity contribution in [3.8, 4) is 5.75 Å². The van der Waals surface area contributed by atoms with Crippen molar-refractivity contribution in [1.29, 1.82) is 0 Å². The lowest BCUT2D eigenvalue weighted by atomic mass is 9.54. The van der Waals surface area contributed by atoms with Gasteiger partial charge in [0.25, 0.3) is 5.24 Å². The third-order valence-electron chi connectivity index (χ3n) is 9.21. The summed E-state index contributed by atoms with van der Waals surface area (Å²) in [5, 5.41) is 1.68. The van der Waals surface area contributed by atoms with Crippen molar-refractivity contribution in [2.24, 2.45) is 29.6 Å². The molecule has 4 aliphatic rings. The second-order valence-electron chi connectivity index (χ2n) is 11.6. The van der Waals surface area contributed by atoms with E-state index in [9.17, 15) is 14.4 Å². The zero-order valence-electron chi connectivity index (χ0n) is 21.5. The Labute approximate surface area is 219 Å². The van der Waals surface area contributed by atoms with Gasteiger partial charge in [0.1, 0.15) is 12.4 Å². The molecular weight excluding hydrogens is 472 g/mol. The smallest absolute Gasteiger partial charge is 0.286 e. The predicted molar refractivity (Wildman–Crippen MR) is 142 cm³/mol. The zero-order chi connectivity index (χ0) is 25.1. The molecule has 1 heterocycles. The summed E-state index contributed by atoms with van der Waals surface area (Å²) in [5.41, 5.74) is 0.987. The standard InChI is InChI=1S/C29H40N2O4S/c1-31(12-13-35-25-10-7-19(8-11-25)16-26-28(33)30-29(34)36-26)27(32)5-3-2-4-21-17-22-9-6-20-14-23(21)18-24(22)15-20/h7-8,10-11,20-24,26H,2-6,9,12-18H2,1H3,(H,30,33,34). The maximum absolute atomic E-state index is 12.6. The highest BCUT2D eigenvalue weighted by Gasteiger charge is 2.44. The fraction of sp³-hybridized carbons (Fsp3) is 0.690. The van der Waals surface area contributed by atoms with Crippen molar-refractivity contribution < 1.29 is 19.1 Å². The summed E-state index contributed by atoms with van der Waals surface area (Å²) in [4.78, 5) is 37.4. The fourth-order valence-corrected chi connectivity index (χ4v) is 8.09. The number of unbranched alkanes of at least 4 members (excludes halogenated alkanes) is 1. The van der Waals surface area contributed by atoms with Gasteiger partial charge in [0.2, 0.25) is 11.8 Å². The van der Waals surface area contributed by atoms with Crippen LogP contribution >= 0.6 is 11.8 Å². The molecule has 3 aliphatic carbocycles. The largest absolute Gasteiger partial charge is 0.492 e. The van der Waals surface area contributed by atoms with Gasteiger partial charge in [0, 0.05) is 13.5 Å². The van der Waals surface area contributed by atoms with Crippen LogP contribution in [0.15, 0.2) is 24.3 Å². The molecule has 4 fully saturated rings. The van der Waals surface area contributed by atoms with Crippen LogP contribution in [0.2, 0.25) is 0 Å². The minimum absolute atomic E-state index is 0.205. The van der Waals surface area contributed by atoms with Gasteiger partial charge in [-0.25, -0.2) is 0 Å². The number of thioether (sulfide) groups is 1. The van der Waals surface area contributed by atoms with Gasteiger partial charge in [0.05, 0.1) is 11.8 Å². The van der Waals surface area contributed by atoms with E-state index in [1.807, 2.05) is 31.3 Å². The number of carbonyl (C=O) groups excluding carboxylic acids is 3. The lowest BCUT2D eigenvalue weighted by Crippen LogP contribution is -2.41. The molecule has 196 valence electrons. The Morgan fingerprint density at radius 1 is 1.03 bits per heavy atom. The molecule has 1 saturated heterocycles. The molecule has 1 aromatic carbocycles. The molecule has 3 amide bonds. The number of ether oxygens (including phenoxy) is 1. The highest BCUT2D eigenvalue weighted by atomic mass is 32.2. The molecule has 3 bridgehead atoms. The van der Waals surface area contributed by atoms with E-state index >= 15 is 0 Å². The number of hydrogen-bond acceptors (Lipinski definition) is 5. The topological polar surface area (TPSA) is 75.7 Å². The second kappa shape index (κ2) is 11.6. The Balaban J connectivity index is 0.957. The van der Waals surface area contributed by atoms with Crippen LogP contribution in [0, 0.1) is 29.6 Å². The molecular formula is C29H40N2O4S. The van der Waals surface area contributed by atoms with E-state index in [1.54, 1.807) is 4.90 Å². The molecule has 1 aromatic rings. The molecule has 6 atom stereocenters. The van der Waals surface area contributed by atoms with Crippen molar-refractivity contribution in [1.82, 2.24) is 10.2 Å². The third kappa shape index (κ3) is 6.27. The first-order chi connectivity index (χ1) is 17.4. The van der Waals surface area contributed by atoms with Crippen LogP contribution in [0.25, 0.3) is 0 Å². The molecule has 6 nitrogen and oxygen atoms in total. The van der Waals surface area contributed by atoms with E-state index in [1.165, 1.54) is 51.4 Å². The minimum atomic E-state index is -0.360. The van der Waals surface area contributed by atoms with Crippen LogP contribution in [-0.2, 0) is 16.0 Å². The molecule has 7 heteroatoms. The zero-order valence-corrected chi connectivity index (χ0v) is 22.3. The van der Waals surface area contributed by atoms with Crippen LogP contribution in [0.1, 0.15) is 69.8 Å². The summed E-state index contributed by atoms with van der Waals surface area (Å²) >= 11 is 1.04. The number of fused-ring (bicyclic) bond motifs is 2. The normalized spacial score (nSPS) is 30.8. The van der Waals surface area contributed by atoms with Gasteiger partial charge in [-0.3, -0.25) is 19.7 Å². The van der Waals surface area contributed by atoms with Crippen LogP contribution in [0.4, 0.5) is 4.79 Å². The molecule has 5 rings (SSSR count).